The smallest absolute Gasteiger partial charge is 0.225 e. The zero-order chi connectivity index (χ0) is 18.3. The van der Waals surface area contributed by atoms with Crippen molar-refractivity contribution < 1.29 is 14.6 Å². The molecule has 3 aromatic rings. The summed E-state index contributed by atoms with van der Waals surface area (Å²) < 4.78 is 5.58. The quantitative estimate of drug-likeness (QED) is 0.720. The monoisotopic (exact) mass is 347 g/mol. The van der Waals surface area contributed by atoms with Crippen molar-refractivity contribution in [1.82, 2.24) is 0 Å². The number of aryl methyl sites for hydroxylation is 1. The molecule has 0 saturated heterocycles. The van der Waals surface area contributed by atoms with E-state index >= 15 is 0 Å². The van der Waals surface area contributed by atoms with E-state index in [1.54, 1.807) is 0 Å². The first kappa shape index (κ1) is 16.5. The number of anilines is 1. The number of phenolic OH excluding ortho intramolecular Hbond substituents is 1. The van der Waals surface area contributed by atoms with E-state index in [-0.39, 0.29) is 17.6 Å². The normalized spacial score (nSPS) is 16.2. The lowest BCUT2D eigenvalue weighted by molar-refractivity contribution is -0.116. The molecule has 4 nitrogen and oxygen atoms in total. The van der Waals surface area contributed by atoms with Crippen LogP contribution >= 0.6 is 0 Å². The summed E-state index contributed by atoms with van der Waals surface area (Å²) in [6.45, 7) is 4.21. The number of ether oxygens (including phenoxy) is 1. The molecule has 132 valence electrons. The molecule has 1 heterocycles. The lowest BCUT2D eigenvalue weighted by Gasteiger charge is -2.28. The summed E-state index contributed by atoms with van der Waals surface area (Å²) in [6.07, 6.45) is 0.376. The fraction of sp³-hybridized carbons (Fsp3) is 0.227. The van der Waals surface area contributed by atoms with Gasteiger partial charge in [0.2, 0.25) is 5.91 Å². The largest absolute Gasteiger partial charge is 0.504 e. The molecule has 0 aliphatic carbocycles. The van der Waals surface area contributed by atoms with Crippen molar-refractivity contribution in [2.75, 3.05) is 11.9 Å². The van der Waals surface area contributed by atoms with Crippen LogP contribution in [0.4, 0.5) is 5.69 Å². The highest BCUT2D eigenvalue weighted by molar-refractivity contribution is 6.06. The molecule has 0 bridgehead atoms. The fourth-order valence-electron chi connectivity index (χ4n) is 3.74. The number of carbonyl (C=O) groups is 1. The fourth-order valence-corrected chi connectivity index (χ4v) is 3.74. The Bertz CT molecular complexity index is 1010. The maximum absolute atomic E-state index is 12.4. The van der Waals surface area contributed by atoms with Crippen LogP contribution in [0.5, 0.6) is 11.5 Å². The number of aromatic hydroxyl groups is 1. The van der Waals surface area contributed by atoms with Crippen molar-refractivity contribution in [2.24, 2.45) is 0 Å². The first-order valence-corrected chi connectivity index (χ1v) is 8.86. The van der Waals surface area contributed by atoms with Crippen LogP contribution in [0, 0.1) is 6.92 Å². The van der Waals surface area contributed by atoms with E-state index in [1.807, 2.05) is 50.2 Å². The minimum Gasteiger partial charge on any atom is -0.504 e. The molecule has 0 radical (unpaired) electrons. The molecule has 1 aliphatic heterocycles. The summed E-state index contributed by atoms with van der Waals surface area (Å²) in [4.78, 5) is 12.4. The van der Waals surface area contributed by atoms with Gasteiger partial charge in [0, 0.05) is 17.7 Å². The van der Waals surface area contributed by atoms with Crippen LogP contribution in [0.2, 0.25) is 0 Å². The van der Waals surface area contributed by atoms with Gasteiger partial charge in [0.05, 0.1) is 12.3 Å². The van der Waals surface area contributed by atoms with E-state index < -0.39 is 0 Å². The van der Waals surface area contributed by atoms with Crippen LogP contribution in [-0.4, -0.2) is 17.6 Å². The Hall–Kier alpha value is -3.01. The van der Waals surface area contributed by atoms with Gasteiger partial charge in [-0.25, -0.2) is 0 Å². The molecule has 1 unspecified atom stereocenters. The first-order valence-electron chi connectivity index (χ1n) is 8.86. The highest BCUT2D eigenvalue weighted by atomic mass is 16.5. The molecule has 1 atom stereocenters. The molecule has 1 aliphatic rings. The van der Waals surface area contributed by atoms with Gasteiger partial charge in [0.1, 0.15) is 0 Å². The minimum absolute atomic E-state index is 0.00235. The van der Waals surface area contributed by atoms with Crippen molar-refractivity contribution in [3.63, 3.8) is 0 Å². The third-order valence-electron chi connectivity index (χ3n) is 4.98. The second-order valence-electron chi connectivity index (χ2n) is 6.67. The van der Waals surface area contributed by atoms with E-state index in [9.17, 15) is 9.90 Å². The Morgan fingerprint density at radius 2 is 2.00 bits per heavy atom. The van der Waals surface area contributed by atoms with Gasteiger partial charge < -0.3 is 15.2 Å². The summed E-state index contributed by atoms with van der Waals surface area (Å²) in [5, 5.41) is 15.4. The number of hydrogen-bond donors (Lipinski definition) is 2. The molecule has 0 saturated carbocycles. The highest BCUT2D eigenvalue weighted by Gasteiger charge is 2.28. The number of carbonyl (C=O) groups excluding carboxylic acids is 1. The van der Waals surface area contributed by atoms with Crippen molar-refractivity contribution >= 4 is 22.4 Å². The van der Waals surface area contributed by atoms with Crippen molar-refractivity contribution in [3.8, 4) is 11.5 Å². The second kappa shape index (κ2) is 6.37. The number of fused-ring (bicyclic) bond motifs is 3. The van der Waals surface area contributed by atoms with Crippen molar-refractivity contribution in [3.05, 3.63) is 65.2 Å². The second-order valence-corrected chi connectivity index (χ2v) is 6.67. The van der Waals surface area contributed by atoms with Crippen LogP contribution in [0.3, 0.4) is 0 Å². The topological polar surface area (TPSA) is 58.6 Å². The Morgan fingerprint density at radius 1 is 1.19 bits per heavy atom. The zero-order valence-electron chi connectivity index (χ0n) is 14.9. The molecule has 0 spiro atoms. The Morgan fingerprint density at radius 3 is 2.81 bits per heavy atom. The summed E-state index contributed by atoms with van der Waals surface area (Å²) in [6, 6.07) is 16.0. The third-order valence-corrected chi connectivity index (χ3v) is 4.98. The Labute approximate surface area is 152 Å². The van der Waals surface area contributed by atoms with Crippen LogP contribution in [0.25, 0.3) is 10.8 Å². The van der Waals surface area contributed by atoms with Crippen molar-refractivity contribution in [2.45, 2.75) is 26.2 Å². The maximum Gasteiger partial charge on any atom is 0.225 e. The predicted molar refractivity (Wildman–Crippen MR) is 103 cm³/mol. The van der Waals surface area contributed by atoms with Gasteiger partial charge in [0.25, 0.3) is 0 Å². The summed E-state index contributed by atoms with van der Waals surface area (Å²) in [7, 11) is 0. The molecule has 0 aromatic heterocycles. The van der Waals surface area contributed by atoms with Crippen molar-refractivity contribution in [1.29, 1.82) is 0 Å². The number of amides is 1. The number of rotatable bonds is 3. The maximum atomic E-state index is 12.4. The van der Waals surface area contributed by atoms with E-state index in [0.717, 1.165) is 33.2 Å². The molecular weight excluding hydrogens is 326 g/mol. The lowest BCUT2D eigenvalue weighted by Crippen LogP contribution is -2.23. The van der Waals surface area contributed by atoms with Crippen LogP contribution < -0.4 is 10.1 Å². The molecule has 26 heavy (non-hydrogen) atoms. The number of benzene rings is 3. The number of hydrogen-bond acceptors (Lipinski definition) is 3. The Kier molecular flexibility index (Phi) is 4.03. The van der Waals surface area contributed by atoms with E-state index in [2.05, 4.69) is 17.4 Å². The van der Waals surface area contributed by atoms with Crippen LogP contribution in [0.15, 0.2) is 48.5 Å². The average molecular weight is 347 g/mol. The van der Waals surface area contributed by atoms with Gasteiger partial charge in [-0.1, -0.05) is 42.5 Å². The third kappa shape index (κ3) is 2.68. The first-order chi connectivity index (χ1) is 12.6. The van der Waals surface area contributed by atoms with Gasteiger partial charge in [-0.15, -0.1) is 0 Å². The van der Waals surface area contributed by atoms with Gasteiger partial charge in [0.15, 0.2) is 11.5 Å². The summed E-state index contributed by atoms with van der Waals surface area (Å²) >= 11 is 0. The van der Waals surface area contributed by atoms with Gasteiger partial charge in [-0.3, -0.25) is 4.79 Å². The Balaban J connectivity index is 1.89. The molecular formula is C22H21NO3. The molecule has 2 N–H and O–H groups in total. The summed E-state index contributed by atoms with van der Waals surface area (Å²) in [5.74, 6) is 0.565. The van der Waals surface area contributed by atoms with Gasteiger partial charge in [-0.05, 0) is 42.0 Å². The SMILES string of the molecule is CCOc1cc(C2CC(=O)Nc3c2ccc2ccccc32)cc(C)c1O. The number of nitrogens with one attached hydrogen (secondary N) is 1. The molecule has 4 rings (SSSR count). The van der Waals surface area contributed by atoms with E-state index in [1.165, 1.54) is 0 Å². The molecule has 1 amide bonds. The highest BCUT2D eigenvalue weighted by Crippen LogP contribution is 2.43. The predicted octanol–water partition coefficient (Wildman–Crippen LogP) is 4.73. The molecule has 3 aromatic carbocycles. The molecule has 0 fully saturated rings. The minimum atomic E-state index is -0.0677. The van der Waals surface area contributed by atoms with E-state index in [4.69, 9.17) is 4.74 Å². The van der Waals surface area contributed by atoms with Crippen LogP contribution in [0.1, 0.15) is 36.0 Å². The van der Waals surface area contributed by atoms with Gasteiger partial charge in [-0.2, -0.15) is 0 Å². The average Bonchev–Trinajstić information content (AvgIpc) is 2.64. The molecule has 4 heteroatoms. The lowest BCUT2D eigenvalue weighted by atomic mass is 9.82. The van der Waals surface area contributed by atoms with Gasteiger partial charge >= 0.3 is 0 Å². The zero-order valence-corrected chi connectivity index (χ0v) is 14.9. The number of phenols is 1. The summed E-state index contributed by atoms with van der Waals surface area (Å²) in [5.41, 5.74) is 3.71. The van der Waals surface area contributed by atoms with E-state index in [0.29, 0.717) is 18.8 Å². The standard InChI is InChI=1S/C22H21NO3/c1-3-26-19-11-15(10-13(2)22(19)25)18-12-20(24)23-21-16-7-5-4-6-14(16)8-9-17(18)21/h4-11,18,25H,3,12H2,1-2H3,(H,23,24). The van der Waals surface area contributed by atoms with Crippen LogP contribution in [-0.2, 0) is 4.79 Å².